The molecule has 0 saturated heterocycles. The van der Waals surface area contributed by atoms with E-state index in [0.717, 1.165) is 13.3 Å². The van der Waals surface area contributed by atoms with Crippen molar-refractivity contribution in [2.24, 2.45) is 11.7 Å². The van der Waals surface area contributed by atoms with Crippen LogP contribution in [0.1, 0.15) is 27.2 Å². The minimum Gasteiger partial charge on any atom is -0.479 e. The molecule has 0 aliphatic heterocycles. The van der Waals surface area contributed by atoms with Crippen molar-refractivity contribution in [2.45, 2.75) is 38.8 Å². The summed E-state index contributed by atoms with van der Waals surface area (Å²) in [7, 11) is 0. The highest BCUT2D eigenvalue weighted by atomic mass is 16.4. The summed E-state index contributed by atoms with van der Waals surface area (Å²) in [4.78, 5) is 22.0. The Balaban J connectivity index is 4.22. The Labute approximate surface area is 94.8 Å². The Hall–Kier alpha value is -1.14. The lowest BCUT2D eigenvalue weighted by Gasteiger charge is -2.22. The van der Waals surface area contributed by atoms with Gasteiger partial charge in [-0.15, -0.1) is 0 Å². The van der Waals surface area contributed by atoms with Gasteiger partial charge in [-0.25, -0.2) is 4.79 Å². The van der Waals surface area contributed by atoms with Gasteiger partial charge in [-0.1, -0.05) is 20.3 Å². The maximum absolute atomic E-state index is 11.5. The second-order valence-corrected chi connectivity index (χ2v) is 4.21. The van der Waals surface area contributed by atoms with E-state index in [1.165, 1.54) is 0 Å². The summed E-state index contributed by atoms with van der Waals surface area (Å²) in [6.45, 7) is 4.50. The van der Waals surface area contributed by atoms with Crippen LogP contribution in [0.3, 0.4) is 0 Å². The van der Waals surface area contributed by atoms with Crippen LogP contribution in [0.5, 0.6) is 0 Å². The van der Waals surface area contributed by atoms with Crippen LogP contribution in [0.25, 0.3) is 0 Å². The second kappa shape index (κ2) is 5.81. The van der Waals surface area contributed by atoms with Gasteiger partial charge in [-0.05, 0) is 12.8 Å². The molecule has 1 unspecified atom stereocenters. The van der Waals surface area contributed by atoms with Gasteiger partial charge in [0.05, 0.1) is 12.6 Å². The lowest BCUT2D eigenvalue weighted by Crippen LogP contribution is -2.51. The first-order chi connectivity index (χ1) is 7.22. The molecular formula is C10H20N2O4. The number of hydrogen-bond donors (Lipinski definition) is 4. The third-order valence-electron chi connectivity index (χ3n) is 2.63. The van der Waals surface area contributed by atoms with E-state index < -0.39 is 23.5 Å². The molecule has 0 heterocycles. The van der Waals surface area contributed by atoms with Gasteiger partial charge in [0.1, 0.15) is 0 Å². The Kier molecular flexibility index (Phi) is 5.40. The fraction of sp³-hybridized carbons (Fsp3) is 0.800. The van der Waals surface area contributed by atoms with E-state index in [-0.39, 0.29) is 12.5 Å². The first-order valence-corrected chi connectivity index (χ1v) is 5.21. The fourth-order valence-electron chi connectivity index (χ4n) is 0.965. The van der Waals surface area contributed by atoms with E-state index in [9.17, 15) is 14.7 Å². The number of carboxylic acid groups (broad SMARTS) is 1. The van der Waals surface area contributed by atoms with Crippen LogP contribution in [0.2, 0.25) is 0 Å². The second-order valence-electron chi connectivity index (χ2n) is 4.21. The minimum atomic E-state index is -1.97. The summed E-state index contributed by atoms with van der Waals surface area (Å²) in [5.41, 5.74) is 3.67. The van der Waals surface area contributed by atoms with Crippen molar-refractivity contribution in [2.75, 3.05) is 6.54 Å². The molecule has 0 saturated carbocycles. The normalized spacial score (nSPS) is 18.3. The van der Waals surface area contributed by atoms with Gasteiger partial charge in [0.15, 0.2) is 5.60 Å². The molecule has 6 nitrogen and oxygen atoms in total. The lowest BCUT2D eigenvalue weighted by atomic mass is 9.99. The smallest absolute Gasteiger partial charge is 0.337 e. The summed E-state index contributed by atoms with van der Waals surface area (Å²) < 4.78 is 0. The van der Waals surface area contributed by atoms with Crippen molar-refractivity contribution in [3.63, 3.8) is 0 Å². The number of aliphatic carboxylic acids is 1. The van der Waals surface area contributed by atoms with Gasteiger partial charge in [0.2, 0.25) is 5.91 Å². The molecule has 0 aliphatic rings. The molecule has 0 bridgehead atoms. The molecule has 0 aromatic heterocycles. The molecule has 0 aromatic carbocycles. The number of aliphatic hydroxyl groups is 1. The van der Waals surface area contributed by atoms with Crippen molar-refractivity contribution < 1.29 is 19.8 Å². The highest BCUT2D eigenvalue weighted by Gasteiger charge is 2.31. The van der Waals surface area contributed by atoms with Crippen molar-refractivity contribution in [3.05, 3.63) is 0 Å². The Morgan fingerprint density at radius 1 is 1.50 bits per heavy atom. The van der Waals surface area contributed by atoms with Crippen LogP contribution in [0, 0.1) is 5.92 Å². The molecule has 1 amide bonds. The Bertz CT molecular complexity index is 266. The predicted molar refractivity (Wildman–Crippen MR) is 58.7 cm³/mol. The van der Waals surface area contributed by atoms with Gasteiger partial charge in [-0.2, -0.15) is 0 Å². The molecule has 6 heteroatoms. The third-order valence-corrected chi connectivity index (χ3v) is 2.63. The number of hydrogen-bond acceptors (Lipinski definition) is 4. The zero-order valence-electron chi connectivity index (χ0n) is 9.86. The maximum atomic E-state index is 11.5. The molecule has 0 aliphatic carbocycles. The van der Waals surface area contributed by atoms with Gasteiger partial charge in [0.25, 0.3) is 0 Å². The lowest BCUT2D eigenvalue weighted by molar-refractivity contribution is -0.156. The SMILES string of the molecule is CC[C@H](C)[C@H](N)C(=O)NCC(C)(O)C(=O)O. The highest BCUT2D eigenvalue weighted by Crippen LogP contribution is 2.06. The number of amides is 1. The topological polar surface area (TPSA) is 113 Å². The molecule has 0 radical (unpaired) electrons. The van der Waals surface area contributed by atoms with E-state index >= 15 is 0 Å². The molecule has 94 valence electrons. The zero-order chi connectivity index (χ0) is 12.9. The summed E-state index contributed by atoms with van der Waals surface area (Å²) in [5.74, 6) is -1.82. The molecule has 3 atom stereocenters. The fourth-order valence-corrected chi connectivity index (χ4v) is 0.965. The van der Waals surface area contributed by atoms with Crippen molar-refractivity contribution in [3.8, 4) is 0 Å². The molecule has 0 aromatic rings. The average Bonchev–Trinajstić information content (AvgIpc) is 2.23. The first-order valence-electron chi connectivity index (χ1n) is 5.21. The van der Waals surface area contributed by atoms with E-state index in [0.29, 0.717) is 0 Å². The molecule has 0 spiro atoms. The summed E-state index contributed by atoms with van der Waals surface area (Å²) in [6, 6.07) is -0.686. The van der Waals surface area contributed by atoms with Crippen molar-refractivity contribution in [1.82, 2.24) is 5.32 Å². The molecule has 16 heavy (non-hydrogen) atoms. The van der Waals surface area contributed by atoms with Gasteiger partial charge in [0, 0.05) is 0 Å². The van der Waals surface area contributed by atoms with E-state index in [2.05, 4.69) is 5.32 Å². The van der Waals surface area contributed by atoms with E-state index in [1.807, 2.05) is 13.8 Å². The zero-order valence-corrected chi connectivity index (χ0v) is 9.86. The van der Waals surface area contributed by atoms with Crippen LogP contribution < -0.4 is 11.1 Å². The van der Waals surface area contributed by atoms with Crippen molar-refractivity contribution >= 4 is 11.9 Å². The summed E-state index contributed by atoms with van der Waals surface area (Å²) >= 11 is 0. The van der Waals surface area contributed by atoms with Gasteiger partial charge >= 0.3 is 5.97 Å². The molecule has 0 fully saturated rings. The maximum Gasteiger partial charge on any atom is 0.337 e. The first kappa shape index (κ1) is 14.9. The predicted octanol–water partition coefficient (Wildman–Crippen LogP) is -0.688. The van der Waals surface area contributed by atoms with Gasteiger partial charge in [-0.3, -0.25) is 4.79 Å². The molecule has 0 rings (SSSR count). The van der Waals surface area contributed by atoms with Crippen molar-refractivity contribution in [1.29, 1.82) is 0 Å². The quantitative estimate of drug-likeness (QED) is 0.484. The Morgan fingerprint density at radius 3 is 2.38 bits per heavy atom. The number of nitrogens with one attached hydrogen (secondary N) is 1. The van der Waals surface area contributed by atoms with Crippen LogP contribution in [0.4, 0.5) is 0 Å². The summed E-state index contributed by atoms with van der Waals surface area (Å²) in [6.07, 6.45) is 0.754. The highest BCUT2D eigenvalue weighted by molar-refractivity contribution is 5.83. The van der Waals surface area contributed by atoms with Crippen LogP contribution in [0.15, 0.2) is 0 Å². The van der Waals surface area contributed by atoms with E-state index in [1.54, 1.807) is 0 Å². The largest absolute Gasteiger partial charge is 0.479 e. The number of carbonyl (C=O) groups excluding carboxylic acids is 1. The molecule has 5 N–H and O–H groups in total. The number of carboxylic acids is 1. The van der Waals surface area contributed by atoms with Crippen LogP contribution in [-0.4, -0.2) is 40.3 Å². The summed E-state index contributed by atoms with van der Waals surface area (Å²) in [5, 5.41) is 20.3. The average molecular weight is 232 g/mol. The van der Waals surface area contributed by atoms with Gasteiger partial charge < -0.3 is 21.3 Å². The standard InChI is InChI=1S/C10H20N2O4/c1-4-6(2)7(11)8(13)12-5-10(3,16)9(14)15/h6-7,16H,4-5,11H2,1-3H3,(H,12,13)(H,14,15)/t6-,7-,10?/m0/s1. The monoisotopic (exact) mass is 232 g/mol. The van der Waals surface area contributed by atoms with E-state index in [4.69, 9.17) is 10.8 Å². The minimum absolute atomic E-state index is 0.00905. The number of rotatable bonds is 6. The number of carbonyl (C=O) groups is 2. The Morgan fingerprint density at radius 2 is 2.00 bits per heavy atom. The van der Waals surface area contributed by atoms with Crippen LogP contribution >= 0.6 is 0 Å². The van der Waals surface area contributed by atoms with Crippen LogP contribution in [-0.2, 0) is 9.59 Å². The molecular weight excluding hydrogens is 212 g/mol. The third kappa shape index (κ3) is 4.16. The number of nitrogens with two attached hydrogens (primary N) is 1.